The van der Waals surface area contributed by atoms with Crippen LogP contribution < -0.4 is 0 Å². The number of fused-ring (bicyclic) bond motifs is 1. The highest BCUT2D eigenvalue weighted by molar-refractivity contribution is 7.99. The molecule has 0 unspecified atom stereocenters. The molecule has 5 nitrogen and oxygen atoms in total. The van der Waals surface area contributed by atoms with Gasteiger partial charge in [0.15, 0.2) is 0 Å². The second-order valence-corrected chi connectivity index (χ2v) is 6.11. The third-order valence-corrected chi connectivity index (χ3v) is 4.77. The zero-order valence-electron chi connectivity index (χ0n) is 10.7. The summed E-state index contributed by atoms with van der Waals surface area (Å²) in [4.78, 5) is 37.0. The molecule has 0 spiro atoms. The van der Waals surface area contributed by atoms with E-state index in [0.29, 0.717) is 5.56 Å². The number of aromatic carboxylic acids is 1. The van der Waals surface area contributed by atoms with Crippen molar-refractivity contribution >= 4 is 29.5 Å². The summed E-state index contributed by atoms with van der Waals surface area (Å²) in [5.41, 5.74) is 0.567. The lowest BCUT2D eigenvalue weighted by molar-refractivity contribution is 0.0575. The number of benzene rings is 1. The molecule has 2 aliphatic rings. The second kappa shape index (κ2) is 4.94. The van der Waals surface area contributed by atoms with Crippen LogP contribution >= 0.6 is 11.8 Å². The minimum atomic E-state index is -1.10. The highest BCUT2D eigenvalue weighted by Crippen LogP contribution is 2.30. The lowest BCUT2D eigenvalue weighted by atomic mass is 10.1. The number of carboxylic acid groups (broad SMARTS) is 1. The number of carbonyl (C=O) groups is 3. The maximum atomic E-state index is 12.4. The molecule has 1 fully saturated rings. The van der Waals surface area contributed by atoms with Crippen molar-refractivity contribution in [1.82, 2.24) is 4.90 Å². The summed E-state index contributed by atoms with van der Waals surface area (Å²) >= 11 is 1.82. The summed E-state index contributed by atoms with van der Waals surface area (Å²) in [6, 6.07) is 4.05. The number of hydrogen-bond donors (Lipinski definition) is 1. The third kappa shape index (κ3) is 2.00. The van der Waals surface area contributed by atoms with E-state index in [1.54, 1.807) is 0 Å². The molecule has 0 atom stereocenters. The summed E-state index contributed by atoms with van der Waals surface area (Å²) in [6.07, 6.45) is 1.61. The van der Waals surface area contributed by atoms with Crippen molar-refractivity contribution in [2.75, 3.05) is 11.5 Å². The van der Waals surface area contributed by atoms with Crippen LogP contribution in [-0.2, 0) is 0 Å². The fraction of sp³-hybridized carbons (Fsp3) is 0.357. The van der Waals surface area contributed by atoms with Gasteiger partial charge in [0.05, 0.1) is 16.7 Å². The number of amides is 2. The Labute approximate surface area is 120 Å². The Kier molecular flexibility index (Phi) is 3.25. The molecule has 0 saturated carbocycles. The molecule has 1 aromatic carbocycles. The molecule has 1 saturated heterocycles. The van der Waals surface area contributed by atoms with Gasteiger partial charge in [-0.3, -0.25) is 14.5 Å². The first-order chi connectivity index (χ1) is 9.59. The molecule has 1 aromatic rings. The topological polar surface area (TPSA) is 74.7 Å². The Morgan fingerprint density at radius 1 is 1.15 bits per heavy atom. The standard InChI is InChI=1S/C14H13NO4S/c16-12-10-2-1-8(14(18)19)7-11(10)13(17)15(12)9-3-5-20-6-4-9/h1-2,7,9H,3-6H2,(H,18,19). The van der Waals surface area contributed by atoms with Crippen LogP contribution in [0.25, 0.3) is 0 Å². The van der Waals surface area contributed by atoms with Gasteiger partial charge in [-0.1, -0.05) is 0 Å². The zero-order chi connectivity index (χ0) is 14.3. The van der Waals surface area contributed by atoms with Gasteiger partial charge in [-0.15, -0.1) is 0 Å². The average molecular weight is 291 g/mol. The van der Waals surface area contributed by atoms with E-state index in [0.717, 1.165) is 24.3 Å². The van der Waals surface area contributed by atoms with Crippen molar-refractivity contribution in [3.63, 3.8) is 0 Å². The van der Waals surface area contributed by atoms with E-state index in [1.165, 1.54) is 23.1 Å². The Morgan fingerprint density at radius 3 is 2.45 bits per heavy atom. The van der Waals surface area contributed by atoms with E-state index in [-0.39, 0.29) is 29.0 Å². The average Bonchev–Trinajstić information content (AvgIpc) is 2.71. The summed E-state index contributed by atoms with van der Waals surface area (Å²) in [7, 11) is 0. The minimum absolute atomic E-state index is 0.0333. The number of carboxylic acids is 1. The van der Waals surface area contributed by atoms with Crippen molar-refractivity contribution in [3.8, 4) is 0 Å². The van der Waals surface area contributed by atoms with E-state index in [4.69, 9.17) is 5.11 Å². The normalized spacial score (nSPS) is 19.3. The maximum Gasteiger partial charge on any atom is 0.335 e. The molecule has 0 radical (unpaired) electrons. The van der Waals surface area contributed by atoms with Gasteiger partial charge >= 0.3 is 5.97 Å². The molecule has 1 N–H and O–H groups in total. The number of nitrogens with zero attached hydrogens (tertiary/aromatic N) is 1. The number of thioether (sulfide) groups is 1. The van der Waals surface area contributed by atoms with Crippen molar-refractivity contribution in [3.05, 3.63) is 34.9 Å². The van der Waals surface area contributed by atoms with Crippen molar-refractivity contribution < 1.29 is 19.5 Å². The van der Waals surface area contributed by atoms with Crippen LogP contribution in [0.15, 0.2) is 18.2 Å². The van der Waals surface area contributed by atoms with E-state index < -0.39 is 5.97 Å². The predicted molar refractivity (Wildman–Crippen MR) is 74.2 cm³/mol. The molecule has 2 amide bonds. The Hall–Kier alpha value is -1.82. The van der Waals surface area contributed by atoms with Crippen molar-refractivity contribution in [1.29, 1.82) is 0 Å². The van der Waals surface area contributed by atoms with Crippen molar-refractivity contribution in [2.45, 2.75) is 18.9 Å². The van der Waals surface area contributed by atoms with Crippen LogP contribution in [0.5, 0.6) is 0 Å². The lowest BCUT2D eigenvalue weighted by Gasteiger charge is -2.29. The molecular weight excluding hydrogens is 278 g/mol. The van der Waals surface area contributed by atoms with Crippen LogP contribution in [0.4, 0.5) is 0 Å². The molecule has 3 rings (SSSR count). The number of carbonyl (C=O) groups excluding carboxylic acids is 2. The van der Waals surface area contributed by atoms with E-state index in [9.17, 15) is 14.4 Å². The zero-order valence-corrected chi connectivity index (χ0v) is 11.5. The van der Waals surface area contributed by atoms with Crippen LogP contribution in [0, 0.1) is 0 Å². The Bertz CT molecular complexity index is 607. The first kappa shape index (κ1) is 13.2. The van der Waals surface area contributed by atoms with Gasteiger partial charge in [0.2, 0.25) is 0 Å². The molecule has 0 aromatic heterocycles. The summed E-state index contributed by atoms with van der Waals surface area (Å²) < 4.78 is 0. The van der Waals surface area contributed by atoms with Gasteiger partial charge in [-0.25, -0.2) is 4.79 Å². The third-order valence-electron chi connectivity index (χ3n) is 3.72. The van der Waals surface area contributed by atoms with Crippen LogP contribution in [-0.4, -0.2) is 45.3 Å². The number of rotatable bonds is 2. The fourth-order valence-electron chi connectivity index (χ4n) is 2.67. The molecule has 2 heterocycles. The molecule has 0 bridgehead atoms. The van der Waals surface area contributed by atoms with Gasteiger partial charge in [-0.05, 0) is 42.5 Å². The van der Waals surface area contributed by atoms with E-state index >= 15 is 0 Å². The first-order valence-electron chi connectivity index (χ1n) is 6.42. The Morgan fingerprint density at radius 2 is 1.80 bits per heavy atom. The fourth-order valence-corrected chi connectivity index (χ4v) is 3.75. The van der Waals surface area contributed by atoms with Gasteiger partial charge < -0.3 is 5.11 Å². The Balaban J connectivity index is 1.96. The van der Waals surface area contributed by atoms with Gasteiger partial charge in [0.1, 0.15) is 0 Å². The van der Waals surface area contributed by atoms with Crippen LogP contribution in [0.2, 0.25) is 0 Å². The summed E-state index contributed by atoms with van der Waals surface area (Å²) in [5, 5.41) is 8.97. The smallest absolute Gasteiger partial charge is 0.335 e. The quantitative estimate of drug-likeness (QED) is 0.842. The minimum Gasteiger partial charge on any atom is -0.478 e. The highest BCUT2D eigenvalue weighted by atomic mass is 32.2. The molecule has 104 valence electrons. The second-order valence-electron chi connectivity index (χ2n) is 4.89. The van der Waals surface area contributed by atoms with E-state index in [2.05, 4.69) is 0 Å². The molecule has 0 aliphatic carbocycles. The van der Waals surface area contributed by atoms with Gasteiger partial charge in [-0.2, -0.15) is 11.8 Å². The first-order valence-corrected chi connectivity index (χ1v) is 7.58. The number of imide groups is 1. The summed E-state index contributed by atoms with van der Waals surface area (Å²) in [5.74, 6) is 0.140. The van der Waals surface area contributed by atoms with Gasteiger partial charge in [0, 0.05) is 6.04 Å². The van der Waals surface area contributed by atoms with Crippen LogP contribution in [0.1, 0.15) is 43.9 Å². The highest BCUT2D eigenvalue weighted by Gasteiger charge is 2.40. The number of hydrogen-bond acceptors (Lipinski definition) is 4. The maximum absolute atomic E-state index is 12.4. The lowest BCUT2D eigenvalue weighted by Crippen LogP contribution is -2.41. The largest absolute Gasteiger partial charge is 0.478 e. The van der Waals surface area contributed by atoms with Gasteiger partial charge in [0.25, 0.3) is 11.8 Å². The monoisotopic (exact) mass is 291 g/mol. The van der Waals surface area contributed by atoms with E-state index in [1.807, 2.05) is 11.8 Å². The molecular formula is C14H13NO4S. The summed E-state index contributed by atoms with van der Waals surface area (Å²) in [6.45, 7) is 0. The predicted octanol–water partition coefficient (Wildman–Crippen LogP) is 1.88. The molecule has 6 heteroatoms. The SMILES string of the molecule is O=C(O)c1ccc2c(c1)C(=O)N(C1CCSCC1)C2=O. The molecule has 2 aliphatic heterocycles. The van der Waals surface area contributed by atoms with Crippen molar-refractivity contribution in [2.24, 2.45) is 0 Å². The van der Waals surface area contributed by atoms with Crippen LogP contribution in [0.3, 0.4) is 0 Å². The molecule has 20 heavy (non-hydrogen) atoms.